The first-order valence-corrected chi connectivity index (χ1v) is 8.13. The second kappa shape index (κ2) is 7.02. The van der Waals surface area contributed by atoms with Crippen molar-refractivity contribution in [3.8, 4) is 0 Å². The number of benzene rings is 1. The number of amides is 2. The standard InChI is InChI=1S/C16H17ClN2O3S/c1-16(2,3)22-15(21)18-13-8-9-23-14(13)19(10-20)12-6-4-11(17)5-7-12/h4-10H,1-3H3,(H,18,21). The zero-order valence-corrected chi connectivity index (χ0v) is 14.6. The fourth-order valence-corrected chi connectivity index (χ4v) is 2.79. The van der Waals surface area contributed by atoms with Gasteiger partial charge in [0.05, 0.1) is 5.69 Å². The highest BCUT2D eigenvalue weighted by Crippen LogP contribution is 2.36. The van der Waals surface area contributed by atoms with E-state index in [0.29, 0.717) is 27.8 Å². The Hall–Kier alpha value is -2.05. The van der Waals surface area contributed by atoms with Crippen molar-refractivity contribution in [3.63, 3.8) is 0 Å². The van der Waals surface area contributed by atoms with Crippen LogP contribution in [-0.2, 0) is 9.53 Å². The van der Waals surface area contributed by atoms with E-state index in [1.807, 2.05) is 0 Å². The maximum Gasteiger partial charge on any atom is 0.412 e. The quantitative estimate of drug-likeness (QED) is 0.784. The number of nitrogens with zero attached hydrogens (tertiary/aromatic N) is 1. The molecule has 0 fully saturated rings. The number of nitrogens with one attached hydrogen (secondary N) is 1. The van der Waals surface area contributed by atoms with Gasteiger partial charge in [0, 0.05) is 10.7 Å². The predicted molar refractivity (Wildman–Crippen MR) is 93.8 cm³/mol. The number of anilines is 3. The molecule has 7 heteroatoms. The van der Waals surface area contributed by atoms with Gasteiger partial charge in [-0.05, 0) is 56.5 Å². The summed E-state index contributed by atoms with van der Waals surface area (Å²) < 4.78 is 5.23. The monoisotopic (exact) mass is 352 g/mol. The molecule has 0 aliphatic rings. The average molecular weight is 353 g/mol. The number of rotatable bonds is 4. The summed E-state index contributed by atoms with van der Waals surface area (Å²) in [4.78, 5) is 24.9. The van der Waals surface area contributed by atoms with Crippen molar-refractivity contribution < 1.29 is 14.3 Å². The van der Waals surface area contributed by atoms with Crippen molar-refractivity contribution in [2.75, 3.05) is 10.2 Å². The third kappa shape index (κ3) is 4.71. The van der Waals surface area contributed by atoms with Gasteiger partial charge in [-0.3, -0.25) is 15.0 Å². The molecular formula is C16H17ClN2O3S. The van der Waals surface area contributed by atoms with Gasteiger partial charge >= 0.3 is 6.09 Å². The van der Waals surface area contributed by atoms with Crippen LogP contribution in [0.4, 0.5) is 21.2 Å². The Bertz CT molecular complexity index is 692. The molecule has 122 valence electrons. The van der Waals surface area contributed by atoms with Gasteiger partial charge in [-0.2, -0.15) is 0 Å². The second-order valence-electron chi connectivity index (χ2n) is 5.72. The van der Waals surface area contributed by atoms with Gasteiger partial charge in [-0.25, -0.2) is 4.79 Å². The summed E-state index contributed by atoms with van der Waals surface area (Å²) in [5, 5.41) is 5.62. The van der Waals surface area contributed by atoms with E-state index < -0.39 is 11.7 Å². The number of hydrogen-bond donors (Lipinski definition) is 1. The third-order valence-corrected chi connectivity index (χ3v) is 3.87. The van der Waals surface area contributed by atoms with Crippen molar-refractivity contribution in [3.05, 3.63) is 40.7 Å². The van der Waals surface area contributed by atoms with Crippen LogP contribution < -0.4 is 10.2 Å². The molecule has 2 rings (SSSR count). The lowest BCUT2D eigenvalue weighted by molar-refractivity contribution is -0.106. The highest BCUT2D eigenvalue weighted by molar-refractivity contribution is 7.15. The minimum Gasteiger partial charge on any atom is -0.444 e. The smallest absolute Gasteiger partial charge is 0.412 e. The molecule has 1 aromatic carbocycles. The van der Waals surface area contributed by atoms with Crippen LogP contribution in [-0.4, -0.2) is 18.1 Å². The van der Waals surface area contributed by atoms with Crippen LogP contribution in [0.2, 0.25) is 5.02 Å². The molecule has 0 saturated carbocycles. The van der Waals surface area contributed by atoms with Crippen LogP contribution >= 0.6 is 22.9 Å². The van der Waals surface area contributed by atoms with Crippen LogP contribution in [0.25, 0.3) is 0 Å². The van der Waals surface area contributed by atoms with E-state index in [4.69, 9.17) is 16.3 Å². The Morgan fingerprint density at radius 2 is 1.91 bits per heavy atom. The maximum atomic E-state index is 11.9. The molecule has 0 spiro atoms. The van der Waals surface area contributed by atoms with Crippen molar-refractivity contribution in [2.45, 2.75) is 26.4 Å². The summed E-state index contributed by atoms with van der Waals surface area (Å²) in [5.41, 5.74) is 0.561. The fourth-order valence-electron chi connectivity index (χ4n) is 1.82. The van der Waals surface area contributed by atoms with Gasteiger partial charge in [0.15, 0.2) is 0 Å². The van der Waals surface area contributed by atoms with Crippen molar-refractivity contribution in [2.24, 2.45) is 0 Å². The first kappa shape index (κ1) is 17.3. The van der Waals surface area contributed by atoms with Crippen molar-refractivity contribution >= 4 is 51.8 Å². The molecular weight excluding hydrogens is 336 g/mol. The maximum absolute atomic E-state index is 11.9. The molecule has 1 aromatic heterocycles. The molecule has 0 bridgehead atoms. The number of carbonyl (C=O) groups excluding carboxylic acids is 2. The molecule has 0 saturated heterocycles. The minimum atomic E-state index is -0.596. The van der Waals surface area contributed by atoms with E-state index in [9.17, 15) is 9.59 Å². The molecule has 1 heterocycles. The lowest BCUT2D eigenvalue weighted by atomic mass is 10.2. The van der Waals surface area contributed by atoms with E-state index in [2.05, 4.69) is 5.32 Å². The van der Waals surface area contributed by atoms with Crippen molar-refractivity contribution in [1.29, 1.82) is 0 Å². The third-order valence-electron chi connectivity index (χ3n) is 2.71. The van der Waals surface area contributed by atoms with Crippen LogP contribution in [0.15, 0.2) is 35.7 Å². The Morgan fingerprint density at radius 3 is 2.48 bits per heavy atom. The SMILES string of the molecule is CC(C)(C)OC(=O)Nc1ccsc1N(C=O)c1ccc(Cl)cc1. The van der Waals surface area contributed by atoms with E-state index in [1.54, 1.807) is 56.5 Å². The van der Waals surface area contributed by atoms with Crippen LogP contribution in [0.1, 0.15) is 20.8 Å². The van der Waals surface area contributed by atoms with E-state index in [-0.39, 0.29) is 0 Å². The van der Waals surface area contributed by atoms with E-state index in [1.165, 1.54) is 16.2 Å². The Kier molecular flexibility index (Phi) is 5.28. The number of hydrogen-bond acceptors (Lipinski definition) is 4. The van der Waals surface area contributed by atoms with Crippen LogP contribution in [0.3, 0.4) is 0 Å². The molecule has 0 radical (unpaired) electrons. The number of halogens is 1. The number of carbonyl (C=O) groups is 2. The van der Waals surface area contributed by atoms with Gasteiger partial charge in [0.25, 0.3) is 0 Å². The van der Waals surface area contributed by atoms with Crippen LogP contribution in [0.5, 0.6) is 0 Å². The van der Waals surface area contributed by atoms with Gasteiger partial charge in [-0.15, -0.1) is 11.3 Å². The topological polar surface area (TPSA) is 58.6 Å². The van der Waals surface area contributed by atoms with E-state index in [0.717, 1.165) is 0 Å². The van der Waals surface area contributed by atoms with Gasteiger partial charge in [0.1, 0.15) is 10.6 Å². The minimum absolute atomic E-state index is 0.506. The fraction of sp³-hybridized carbons (Fsp3) is 0.250. The summed E-state index contributed by atoms with van der Waals surface area (Å²) in [5.74, 6) is 0. The Balaban J connectivity index is 2.23. The normalized spacial score (nSPS) is 11.0. The molecule has 0 atom stereocenters. The Labute approximate surface area is 143 Å². The molecule has 0 unspecified atom stereocenters. The van der Waals surface area contributed by atoms with Gasteiger partial charge in [0.2, 0.25) is 6.41 Å². The summed E-state index contributed by atoms with van der Waals surface area (Å²) in [7, 11) is 0. The molecule has 1 N–H and O–H groups in total. The first-order chi connectivity index (χ1) is 10.8. The average Bonchev–Trinajstić information content (AvgIpc) is 2.87. The Morgan fingerprint density at radius 1 is 1.26 bits per heavy atom. The van der Waals surface area contributed by atoms with Gasteiger partial charge < -0.3 is 4.74 Å². The lowest BCUT2D eigenvalue weighted by Gasteiger charge is -2.21. The zero-order valence-electron chi connectivity index (χ0n) is 13.0. The largest absolute Gasteiger partial charge is 0.444 e. The lowest BCUT2D eigenvalue weighted by Crippen LogP contribution is -2.27. The molecule has 0 aliphatic carbocycles. The van der Waals surface area contributed by atoms with Gasteiger partial charge in [-0.1, -0.05) is 11.6 Å². The summed E-state index contributed by atoms with van der Waals surface area (Å²) in [6.45, 7) is 5.35. The number of thiophene rings is 1. The highest BCUT2D eigenvalue weighted by Gasteiger charge is 2.20. The summed E-state index contributed by atoms with van der Waals surface area (Å²) >= 11 is 7.20. The first-order valence-electron chi connectivity index (χ1n) is 6.88. The van der Waals surface area contributed by atoms with Crippen molar-refractivity contribution in [1.82, 2.24) is 0 Å². The summed E-state index contributed by atoms with van der Waals surface area (Å²) in [6.07, 6.45) is 0.120. The number of ether oxygens (including phenoxy) is 1. The molecule has 5 nitrogen and oxygen atoms in total. The van der Waals surface area contributed by atoms with Crippen LogP contribution in [0, 0.1) is 0 Å². The molecule has 23 heavy (non-hydrogen) atoms. The molecule has 0 aliphatic heterocycles. The highest BCUT2D eigenvalue weighted by atomic mass is 35.5. The summed E-state index contributed by atoms with van der Waals surface area (Å²) in [6, 6.07) is 8.57. The second-order valence-corrected chi connectivity index (χ2v) is 7.05. The molecule has 2 amide bonds. The predicted octanol–water partition coefficient (Wildman–Crippen LogP) is 5.04. The molecule has 2 aromatic rings. The van der Waals surface area contributed by atoms with E-state index >= 15 is 0 Å². The zero-order chi connectivity index (χ0) is 17.0.